The Bertz CT molecular complexity index is 1040. The highest BCUT2D eigenvalue weighted by atomic mass is 32.1. The first-order valence-corrected chi connectivity index (χ1v) is 9.17. The molecule has 0 atom stereocenters. The number of aryl methyl sites for hydroxylation is 2. The van der Waals surface area contributed by atoms with Gasteiger partial charge in [0.15, 0.2) is 0 Å². The normalized spacial score (nSPS) is 11.0. The predicted molar refractivity (Wildman–Crippen MR) is 102 cm³/mol. The fourth-order valence-corrected chi connectivity index (χ4v) is 4.13. The first-order valence-electron chi connectivity index (χ1n) is 8.35. The van der Waals surface area contributed by atoms with Gasteiger partial charge in [0.2, 0.25) is 0 Å². The monoisotopic (exact) mass is 372 g/mol. The zero-order valence-electron chi connectivity index (χ0n) is 14.9. The Kier molecular flexibility index (Phi) is 5.08. The molecule has 0 aliphatic heterocycles. The van der Waals surface area contributed by atoms with Gasteiger partial charge >= 0.3 is 5.97 Å². The molecule has 26 heavy (non-hydrogen) atoms. The van der Waals surface area contributed by atoms with Crippen LogP contribution in [0.25, 0.3) is 21.3 Å². The molecule has 0 saturated heterocycles. The standard InChI is InChI=1S/C19H20N2O4S/c1-4-14-20-18-17(19(24)21(14)9-8-15(22)23)16(11(2)26-18)12-6-5-7-13(10-12)25-3/h5-7,10H,4,8-9H2,1-3H3,(H,22,23). The maximum atomic E-state index is 13.2. The molecule has 0 spiro atoms. The minimum absolute atomic E-state index is 0.113. The molecular weight excluding hydrogens is 352 g/mol. The number of hydrogen-bond donors (Lipinski definition) is 1. The fraction of sp³-hybridized carbons (Fsp3) is 0.316. The van der Waals surface area contributed by atoms with Crippen molar-refractivity contribution in [2.45, 2.75) is 33.2 Å². The van der Waals surface area contributed by atoms with Gasteiger partial charge in [-0.25, -0.2) is 4.98 Å². The molecule has 0 fully saturated rings. The first kappa shape index (κ1) is 18.1. The van der Waals surface area contributed by atoms with Crippen molar-refractivity contribution in [1.29, 1.82) is 0 Å². The summed E-state index contributed by atoms with van der Waals surface area (Å²) in [5.41, 5.74) is 1.55. The number of thiophene rings is 1. The molecule has 2 aromatic heterocycles. The number of carboxylic acid groups (broad SMARTS) is 1. The van der Waals surface area contributed by atoms with Crippen LogP contribution in [-0.2, 0) is 17.8 Å². The molecule has 136 valence electrons. The second-order valence-corrected chi connectivity index (χ2v) is 7.13. The summed E-state index contributed by atoms with van der Waals surface area (Å²) in [6.45, 7) is 3.99. The zero-order chi connectivity index (χ0) is 18.8. The van der Waals surface area contributed by atoms with E-state index in [2.05, 4.69) is 4.98 Å². The number of benzene rings is 1. The van der Waals surface area contributed by atoms with Crippen molar-refractivity contribution in [3.63, 3.8) is 0 Å². The van der Waals surface area contributed by atoms with Crippen LogP contribution >= 0.6 is 11.3 Å². The summed E-state index contributed by atoms with van der Waals surface area (Å²) in [5.74, 6) is 0.390. The number of ether oxygens (including phenoxy) is 1. The number of nitrogens with zero attached hydrogens (tertiary/aromatic N) is 2. The number of aliphatic carboxylic acids is 1. The van der Waals surface area contributed by atoms with Gasteiger partial charge in [0.1, 0.15) is 16.4 Å². The lowest BCUT2D eigenvalue weighted by atomic mass is 10.0. The van der Waals surface area contributed by atoms with E-state index >= 15 is 0 Å². The lowest BCUT2D eigenvalue weighted by Crippen LogP contribution is -2.26. The second-order valence-electron chi connectivity index (χ2n) is 5.93. The number of rotatable bonds is 6. The highest BCUT2D eigenvalue weighted by molar-refractivity contribution is 7.19. The van der Waals surface area contributed by atoms with E-state index in [1.807, 2.05) is 38.1 Å². The lowest BCUT2D eigenvalue weighted by Gasteiger charge is -2.11. The van der Waals surface area contributed by atoms with Gasteiger partial charge in [-0.2, -0.15) is 0 Å². The molecule has 1 aromatic carbocycles. The minimum atomic E-state index is -0.937. The molecule has 0 radical (unpaired) electrons. The maximum Gasteiger partial charge on any atom is 0.305 e. The summed E-state index contributed by atoms with van der Waals surface area (Å²) >= 11 is 1.48. The molecule has 0 aliphatic carbocycles. The van der Waals surface area contributed by atoms with E-state index in [4.69, 9.17) is 9.84 Å². The third kappa shape index (κ3) is 3.22. The fourth-order valence-electron chi connectivity index (χ4n) is 3.07. The molecule has 0 amide bonds. The SMILES string of the molecule is CCc1nc2sc(C)c(-c3cccc(OC)c3)c2c(=O)n1CCC(=O)O. The van der Waals surface area contributed by atoms with Crippen LogP contribution in [0.5, 0.6) is 5.75 Å². The van der Waals surface area contributed by atoms with E-state index in [0.29, 0.717) is 28.2 Å². The van der Waals surface area contributed by atoms with Crippen LogP contribution in [0.3, 0.4) is 0 Å². The molecule has 3 aromatic rings. The predicted octanol–water partition coefficient (Wildman–Crippen LogP) is 3.48. The van der Waals surface area contributed by atoms with Gasteiger partial charge in [-0.1, -0.05) is 19.1 Å². The Morgan fingerprint density at radius 1 is 1.38 bits per heavy atom. The maximum absolute atomic E-state index is 13.2. The van der Waals surface area contributed by atoms with Crippen LogP contribution in [0, 0.1) is 6.92 Å². The Labute approximate surface area is 154 Å². The lowest BCUT2D eigenvalue weighted by molar-refractivity contribution is -0.137. The van der Waals surface area contributed by atoms with Crippen LogP contribution in [0.2, 0.25) is 0 Å². The summed E-state index contributed by atoms with van der Waals surface area (Å²) in [7, 11) is 1.60. The van der Waals surface area contributed by atoms with E-state index in [-0.39, 0.29) is 18.5 Å². The van der Waals surface area contributed by atoms with Crippen molar-refractivity contribution in [3.05, 3.63) is 45.3 Å². The zero-order valence-corrected chi connectivity index (χ0v) is 15.7. The Hall–Kier alpha value is -2.67. The molecule has 2 heterocycles. The summed E-state index contributed by atoms with van der Waals surface area (Å²) in [6.07, 6.45) is 0.452. The molecule has 6 nitrogen and oxygen atoms in total. The average Bonchev–Trinajstić information content (AvgIpc) is 2.96. The minimum Gasteiger partial charge on any atom is -0.497 e. The van der Waals surface area contributed by atoms with Crippen molar-refractivity contribution in [2.75, 3.05) is 7.11 Å². The second kappa shape index (κ2) is 7.29. The number of methoxy groups -OCH3 is 1. The number of aromatic nitrogens is 2. The molecule has 7 heteroatoms. The van der Waals surface area contributed by atoms with E-state index < -0.39 is 5.97 Å². The number of carbonyl (C=O) groups is 1. The van der Waals surface area contributed by atoms with Crippen molar-refractivity contribution < 1.29 is 14.6 Å². The van der Waals surface area contributed by atoms with Gasteiger partial charge in [0, 0.05) is 23.4 Å². The van der Waals surface area contributed by atoms with Crippen LogP contribution in [0.15, 0.2) is 29.1 Å². The van der Waals surface area contributed by atoms with Gasteiger partial charge in [0.05, 0.1) is 18.9 Å². The van der Waals surface area contributed by atoms with E-state index in [0.717, 1.165) is 16.0 Å². The first-order chi connectivity index (χ1) is 12.5. The van der Waals surface area contributed by atoms with Crippen LogP contribution in [-0.4, -0.2) is 27.7 Å². The number of carboxylic acids is 1. The topological polar surface area (TPSA) is 81.4 Å². The molecule has 3 rings (SSSR count). The smallest absolute Gasteiger partial charge is 0.305 e. The van der Waals surface area contributed by atoms with Crippen LogP contribution in [0.4, 0.5) is 0 Å². The highest BCUT2D eigenvalue weighted by Crippen LogP contribution is 2.37. The quantitative estimate of drug-likeness (QED) is 0.716. The van der Waals surface area contributed by atoms with Crippen molar-refractivity contribution in [1.82, 2.24) is 9.55 Å². The average molecular weight is 372 g/mol. The Morgan fingerprint density at radius 3 is 2.81 bits per heavy atom. The highest BCUT2D eigenvalue weighted by Gasteiger charge is 2.19. The number of fused-ring (bicyclic) bond motifs is 1. The van der Waals surface area contributed by atoms with Gasteiger partial charge < -0.3 is 9.84 Å². The summed E-state index contributed by atoms with van der Waals surface area (Å²) < 4.78 is 6.79. The molecule has 1 N–H and O–H groups in total. The largest absolute Gasteiger partial charge is 0.497 e. The van der Waals surface area contributed by atoms with E-state index in [1.54, 1.807) is 7.11 Å². The van der Waals surface area contributed by atoms with Crippen molar-refractivity contribution >= 4 is 27.5 Å². The van der Waals surface area contributed by atoms with Gasteiger partial charge in [0.25, 0.3) is 5.56 Å². The third-order valence-electron chi connectivity index (χ3n) is 4.29. The molecule has 0 unspecified atom stereocenters. The molecule has 0 aliphatic rings. The van der Waals surface area contributed by atoms with E-state index in [9.17, 15) is 9.59 Å². The van der Waals surface area contributed by atoms with E-state index in [1.165, 1.54) is 15.9 Å². The van der Waals surface area contributed by atoms with Gasteiger partial charge in [-0.05, 0) is 24.6 Å². The van der Waals surface area contributed by atoms with Crippen LogP contribution in [0.1, 0.15) is 24.0 Å². The van der Waals surface area contributed by atoms with Gasteiger partial charge in [-0.15, -0.1) is 11.3 Å². The van der Waals surface area contributed by atoms with Crippen molar-refractivity contribution in [3.8, 4) is 16.9 Å². The Balaban J connectivity index is 2.27. The summed E-state index contributed by atoms with van der Waals surface area (Å²) in [4.78, 5) is 30.5. The van der Waals surface area contributed by atoms with Gasteiger partial charge in [-0.3, -0.25) is 14.2 Å². The van der Waals surface area contributed by atoms with Crippen LogP contribution < -0.4 is 10.3 Å². The molecular formula is C19H20N2O4S. The third-order valence-corrected chi connectivity index (χ3v) is 5.29. The molecule has 0 bridgehead atoms. The van der Waals surface area contributed by atoms with Crippen molar-refractivity contribution in [2.24, 2.45) is 0 Å². The molecule has 0 saturated carbocycles. The summed E-state index contributed by atoms with van der Waals surface area (Å²) in [6, 6.07) is 7.56. The summed E-state index contributed by atoms with van der Waals surface area (Å²) in [5, 5.41) is 9.53. The number of hydrogen-bond acceptors (Lipinski definition) is 5. The Morgan fingerprint density at radius 2 is 2.15 bits per heavy atom.